The number of guanidine groups is 1. The third-order valence-corrected chi connectivity index (χ3v) is 6.02. The van der Waals surface area contributed by atoms with E-state index in [0.717, 1.165) is 62.6 Å². The van der Waals surface area contributed by atoms with Crippen LogP contribution >= 0.6 is 35.7 Å². The molecule has 0 aromatic heterocycles. The summed E-state index contributed by atoms with van der Waals surface area (Å²) in [5.74, 6) is 3.35. The van der Waals surface area contributed by atoms with E-state index in [0.29, 0.717) is 0 Å². The van der Waals surface area contributed by atoms with E-state index < -0.39 is 0 Å². The molecule has 4 nitrogen and oxygen atoms in total. The van der Waals surface area contributed by atoms with Gasteiger partial charge in [0, 0.05) is 43.6 Å². The van der Waals surface area contributed by atoms with Crippen LogP contribution in [-0.2, 0) is 12.8 Å². The summed E-state index contributed by atoms with van der Waals surface area (Å²) < 4.78 is 5.58. The number of fused-ring (bicyclic) bond motifs is 1. The molecule has 140 valence electrons. The first kappa shape index (κ1) is 20.7. The summed E-state index contributed by atoms with van der Waals surface area (Å²) in [5, 5.41) is 4.21. The van der Waals surface area contributed by atoms with Crippen LogP contribution < -0.4 is 10.1 Å². The fourth-order valence-corrected chi connectivity index (χ4v) is 4.45. The van der Waals surface area contributed by atoms with Gasteiger partial charge in [0.15, 0.2) is 5.96 Å². The van der Waals surface area contributed by atoms with Crippen molar-refractivity contribution in [1.29, 1.82) is 0 Å². The lowest BCUT2D eigenvalue weighted by Gasteiger charge is -2.34. The molecule has 0 radical (unpaired) electrons. The number of benzene rings is 1. The molecule has 0 bridgehead atoms. The van der Waals surface area contributed by atoms with Crippen LogP contribution in [0.3, 0.4) is 0 Å². The second kappa shape index (κ2) is 10.5. The maximum atomic E-state index is 5.58. The summed E-state index contributed by atoms with van der Waals surface area (Å²) in [6.45, 7) is 9.23. The summed E-state index contributed by atoms with van der Waals surface area (Å²) in [4.78, 5) is 7.32. The summed E-state index contributed by atoms with van der Waals surface area (Å²) in [6, 6.07) is 6.58. The SMILES string of the molecule is CCNC(=NCCc1ccc2c(c1)CCO2)N1CCSC(CC)C1.I. The van der Waals surface area contributed by atoms with E-state index in [2.05, 4.69) is 54.0 Å². The molecule has 1 aromatic carbocycles. The van der Waals surface area contributed by atoms with Crippen LogP contribution in [0.15, 0.2) is 23.2 Å². The number of rotatable bonds is 5. The van der Waals surface area contributed by atoms with E-state index in [1.165, 1.54) is 23.3 Å². The number of nitrogens with zero attached hydrogens (tertiary/aromatic N) is 2. The second-order valence-electron chi connectivity index (χ2n) is 6.37. The van der Waals surface area contributed by atoms with Crippen molar-refractivity contribution in [1.82, 2.24) is 10.2 Å². The van der Waals surface area contributed by atoms with E-state index in [1.54, 1.807) is 0 Å². The molecule has 2 aliphatic rings. The fourth-order valence-electron chi connectivity index (χ4n) is 3.27. The largest absolute Gasteiger partial charge is 0.493 e. The quantitative estimate of drug-likeness (QED) is 0.402. The first-order valence-corrected chi connectivity index (χ1v) is 10.2. The number of hydrogen-bond acceptors (Lipinski definition) is 3. The van der Waals surface area contributed by atoms with Gasteiger partial charge in [-0.3, -0.25) is 4.99 Å². The van der Waals surface area contributed by atoms with E-state index in [4.69, 9.17) is 9.73 Å². The molecule has 1 aromatic rings. The predicted molar refractivity (Wildman–Crippen MR) is 119 cm³/mol. The van der Waals surface area contributed by atoms with Crippen molar-refractivity contribution >= 4 is 41.7 Å². The molecular formula is C19H30IN3OS. The molecule has 0 aliphatic carbocycles. The third-order valence-electron chi connectivity index (χ3n) is 4.64. The summed E-state index contributed by atoms with van der Waals surface area (Å²) in [6.07, 6.45) is 3.26. The summed E-state index contributed by atoms with van der Waals surface area (Å²) in [5.41, 5.74) is 2.71. The lowest BCUT2D eigenvalue weighted by atomic mass is 10.1. The van der Waals surface area contributed by atoms with Crippen molar-refractivity contribution in [3.8, 4) is 5.75 Å². The minimum Gasteiger partial charge on any atom is -0.493 e. The van der Waals surface area contributed by atoms with Crippen LogP contribution in [-0.4, -0.2) is 54.6 Å². The van der Waals surface area contributed by atoms with Crippen molar-refractivity contribution in [3.05, 3.63) is 29.3 Å². The Labute approximate surface area is 173 Å². The Morgan fingerprint density at radius 2 is 2.28 bits per heavy atom. The number of hydrogen-bond donors (Lipinski definition) is 1. The lowest BCUT2D eigenvalue weighted by molar-refractivity contribution is 0.357. The Morgan fingerprint density at radius 1 is 1.40 bits per heavy atom. The summed E-state index contributed by atoms with van der Waals surface area (Å²) in [7, 11) is 0. The first-order chi connectivity index (χ1) is 11.8. The predicted octanol–water partition coefficient (Wildman–Crippen LogP) is 3.57. The van der Waals surface area contributed by atoms with Gasteiger partial charge in [-0.2, -0.15) is 11.8 Å². The Balaban J connectivity index is 0.00000225. The van der Waals surface area contributed by atoms with Gasteiger partial charge in [-0.1, -0.05) is 19.1 Å². The van der Waals surface area contributed by atoms with Crippen molar-refractivity contribution in [2.75, 3.05) is 38.5 Å². The van der Waals surface area contributed by atoms with Gasteiger partial charge in [-0.05, 0) is 37.0 Å². The van der Waals surface area contributed by atoms with Gasteiger partial charge in [-0.25, -0.2) is 0 Å². The molecule has 0 amide bonds. The topological polar surface area (TPSA) is 36.9 Å². The molecule has 1 unspecified atom stereocenters. The number of aliphatic imine (C=N–C) groups is 1. The van der Waals surface area contributed by atoms with E-state index >= 15 is 0 Å². The zero-order valence-corrected chi connectivity index (χ0v) is 18.4. The molecule has 0 spiro atoms. The van der Waals surface area contributed by atoms with Crippen molar-refractivity contribution in [3.63, 3.8) is 0 Å². The number of ether oxygens (including phenoxy) is 1. The number of halogens is 1. The minimum absolute atomic E-state index is 0. The number of thioether (sulfide) groups is 1. The molecule has 2 heterocycles. The Kier molecular flexibility index (Phi) is 8.69. The standard InChI is InChI=1S/C19H29N3OS.HI/c1-3-17-14-22(10-12-24-17)19(20-4-2)21-9-7-15-5-6-18-16(13-15)8-11-23-18;/h5-6,13,17H,3-4,7-12,14H2,1-2H3,(H,20,21);1H. The van der Waals surface area contributed by atoms with Crippen molar-refractivity contribution in [2.45, 2.75) is 38.4 Å². The molecule has 1 atom stereocenters. The van der Waals surface area contributed by atoms with E-state index in [-0.39, 0.29) is 24.0 Å². The Bertz CT molecular complexity index is 582. The monoisotopic (exact) mass is 475 g/mol. The van der Waals surface area contributed by atoms with Gasteiger partial charge in [0.25, 0.3) is 0 Å². The lowest BCUT2D eigenvalue weighted by Crippen LogP contribution is -2.48. The fraction of sp³-hybridized carbons (Fsp3) is 0.632. The van der Waals surface area contributed by atoms with Gasteiger partial charge in [0.2, 0.25) is 0 Å². The highest BCUT2D eigenvalue weighted by Gasteiger charge is 2.21. The zero-order valence-electron chi connectivity index (χ0n) is 15.3. The number of nitrogens with one attached hydrogen (secondary N) is 1. The van der Waals surface area contributed by atoms with Crippen molar-refractivity contribution in [2.24, 2.45) is 4.99 Å². The molecule has 1 saturated heterocycles. The molecule has 2 aliphatic heterocycles. The van der Waals surface area contributed by atoms with Crippen LogP contribution in [0.25, 0.3) is 0 Å². The van der Waals surface area contributed by atoms with Crippen LogP contribution in [0.1, 0.15) is 31.4 Å². The first-order valence-electron chi connectivity index (χ1n) is 9.19. The second-order valence-corrected chi connectivity index (χ2v) is 7.78. The zero-order chi connectivity index (χ0) is 16.8. The van der Waals surface area contributed by atoms with Gasteiger partial charge in [0.05, 0.1) is 6.61 Å². The Morgan fingerprint density at radius 3 is 3.08 bits per heavy atom. The molecule has 0 saturated carbocycles. The van der Waals surface area contributed by atoms with Gasteiger partial charge < -0.3 is 15.0 Å². The molecular weight excluding hydrogens is 445 g/mol. The van der Waals surface area contributed by atoms with E-state index in [9.17, 15) is 0 Å². The van der Waals surface area contributed by atoms with Crippen LogP contribution in [0, 0.1) is 0 Å². The smallest absolute Gasteiger partial charge is 0.193 e. The van der Waals surface area contributed by atoms with Gasteiger partial charge in [0.1, 0.15) is 5.75 Å². The minimum atomic E-state index is 0. The Hall–Kier alpha value is -0.630. The van der Waals surface area contributed by atoms with E-state index in [1.807, 2.05) is 0 Å². The van der Waals surface area contributed by atoms with Crippen LogP contribution in [0.2, 0.25) is 0 Å². The van der Waals surface area contributed by atoms with Crippen LogP contribution in [0.5, 0.6) is 5.75 Å². The molecule has 25 heavy (non-hydrogen) atoms. The maximum absolute atomic E-state index is 5.58. The molecule has 1 fully saturated rings. The highest BCUT2D eigenvalue weighted by atomic mass is 127. The van der Waals surface area contributed by atoms with Crippen LogP contribution in [0.4, 0.5) is 0 Å². The highest BCUT2D eigenvalue weighted by Crippen LogP contribution is 2.26. The van der Waals surface area contributed by atoms with Crippen molar-refractivity contribution < 1.29 is 4.74 Å². The average Bonchev–Trinajstić information content (AvgIpc) is 3.09. The normalized spacial score (nSPS) is 19.8. The average molecular weight is 475 g/mol. The highest BCUT2D eigenvalue weighted by molar-refractivity contribution is 14.0. The molecule has 1 N–H and O–H groups in total. The maximum Gasteiger partial charge on any atom is 0.193 e. The molecule has 3 rings (SSSR count). The van der Waals surface area contributed by atoms with Gasteiger partial charge in [-0.15, -0.1) is 24.0 Å². The third kappa shape index (κ3) is 5.67. The van der Waals surface area contributed by atoms with Gasteiger partial charge >= 0.3 is 0 Å². The molecule has 6 heteroatoms. The summed E-state index contributed by atoms with van der Waals surface area (Å²) >= 11 is 2.10.